The molecule has 1 amide bonds. The molecule has 1 saturated heterocycles. The quantitative estimate of drug-likeness (QED) is 0.742. The summed E-state index contributed by atoms with van der Waals surface area (Å²) in [5, 5.41) is 3.16. The van der Waals surface area contributed by atoms with E-state index in [0.717, 1.165) is 29.5 Å². The monoisotopic (exact) mass is 440 g/mol. The van der Waals surface area contributed by atoms with Crippen LogP contribution in [0.5, 0.6) is 0 Å². The summed E-state index contributed by atoms with van der Waals surface area (Å²) in [5.41, 5.74) is 4.01. The highest BCUT2D eigenvalue weighted by Gasteiger charge is 2.44. The summed E-state index contributed by atoms with van der Waals surface area (Å²) in [4.78, 5) is 13.2. The van der Waals surface area contributed by atoms with Crippen molar-refractivity contribution < 1.29 is 13.2 Å². The molecule has 1 aliphatic carbocycles. The molecule has 0 bridgehead atoms. The Balaban J connectivity index is 1.36. The first-order chi connectivity index (χ1) is 14.7. The van der Waals surface area contributed by atoms with Gasteiger partial charge in [-0.05, 0) is 63.1 Å². The maximum absolute atomic E-state index is 13.3. The van der Waals surface area contributed by atoms with E-state index in [0.29, 0.717) is 37.4 Å². The molecular weight excluding hydrogens is 408 g/mol. The highest BCUT2D eigenvalue weighted by Crippen LogP contribution is 2.47. The lowest BCUT2D eigenvalue weighted by molar-refractivity contribution is -0.126. The van der Waals surface area contributed by atoms with E-state index in [-0.39, 0.29) is 17.2 Å². The number of piperidine rings is 1. The van der Waals surface area contributed by atoms with Gasteiger partial charge in [-0.25, -0.2) is 8.42 Å². The summed E-state index contributed by atoms with van der Waals surface area (Å²) in [6.07, 6.45) is 3.33. The number of hydrogen-bond acceptors (Lipinski definition) is 3. The van der Waals surface area contributed by atoms with E-state index in [1.54, 1.807) is 4.31 Å². The molecule has 0 atom stereocenters. The number of sulfonamides is 1. The molecule has 1 N–H and O–H groups in total. The van der Waals surface area contributed by atoms with Crippen LogP contribution in [0.25, 0.3) is 0 Å². The summed E-state index contributed by atoms with van der Waals surface area (Å²) in [6, 6.07) is 14.2. The Morgan fingerprint density at radius 2 is 1.61 bits per heavy atom. The van der Waals surface area contributed by atoms with Crippen LogP contribution in [0, 0.1) is 26.7 Å². The number of benzene rings is 2. The number of aryl methyl sites for hydroxylation is 3. The fraction of sp³-hybridized carbons (Fsp3) is 0.480. The summed E-state index contributed by atoms with van der Waals surface area (Å²) in [7, 11) is -3.55. The van der Waals surface area contributed by atoms with Crippen molar-refractivity contribution in [3.8, 4) is 0 Å². The Bertz CT molecular complexity index is 1040. The van der Waals surface area contributed by atoms with Crippen molar-refractivity contribution in [2.24, 2.45) is 5.92 Å². The fourth-order valence-electron chi connectivity index (χ4n) is 4.97. The SMILES string of the molecule is Cc1cc(C)c(S(=O)(=O)N2CCC(C(=O)NCC3(c4ccccc4)CC3)CC2)c(C)c1. The number of nitrogens with zero attached hydrogens (tertiary/aromatic N) is 1. The van der Waals surface area contributed by atoms with Crippen molar-refractivity contribution in [3.63, 3.8) is 0 Å². The van der Waals surface area contributed by atoms with Crippen LogP contribution in [0.3, 0.4) is 0 Å². The molecule has 0 spiro atoms. The molecular formula is C25H32N2O3S. The number of hydrogen-bond donors (Lipinski definition) is 1. The number of nitrogens with one attached hydrogen (secondary N) is 1. The van der Waals surface area contributed by atoms with Crippen LogP contribution >= 0.6 is 0 Å². The summed E-state index contributed by atoms with van der Waals surface area (Å²) < 4.78 is 28.1. The van der Waals surface area contributed by atoms with E-state index < -0.39 is 10.0 Å². The molecule has 5 nitrogen and oxygen atoms in total. The zero-order chi connectivity index (χ0) is 22.2. The molecule has 0 radical (unpaired) electrons. The zero-order valence-electron chi connectivity index (χ0n) is 18.6. The Kier molecular flexibility index (Phi) is 5.97. The van der Waals surface area contributed by atoms with E-state index in [9.17, 15) is 13.2 Å². The smallest absolute Gasteiger partial charge is 0.243 e. The van der Waals surface area contributed by atoms with Crippen molar-refractivity contribution in [2.45, 2.75) is 56.8 Å². The molecule has 1 saturated carbocycles. The van der Waals surface area contributed by atoms with Gasteiger partial charge in [0.25, 0.3) is 0 Å². The lowest BCUT2D eigenvalue weighted by Gasteiger charge is -2.31. The van der Waals surface area contributed by atoms with Crippen LogP contribution in [0.1, 0.15) is 47.9 Å². The van der Waals surface area contributed by atoms with Crippen molar-refractivity contribution in [1.29, 1.82) is 0 Å². The molecule has 4 rings (SSSR count). The van der Waals surface area contributed by atoms with E-state index in [2.05, 4.69) is 17.4 Å². The first-order valence-corrected chi connectivity index (χ1v) is 12.6. The van der Waals surface area contributed by atoms with E-state index >= 15 is 0 Å². The molecule has 0 aromatic heterocycles. The zero-order valence-corrected chi connectivity index (χ0v) is 19.5. The number of amides is 1. The van der Waals surface area contributed by atoms with Gasteiger partial charge >= 0.3 is 0 Å². The first-order valence-electron chi connectivity index (χ1n) is 11.1. The molecule has 2 fully saturated rings. The predicted molar refractivity (Wildman–Crippen MR) is 122 cm³/mol. The first kappa shape index (κ1) is 22.0. The van der Waals surface area contributed by atoms with Crippen LogP contribution in [0.15, 0.2) is 47.4 Å². The van der Waals surface area contributed by atoms with Crippen LogP contribution in [0.2, 0.25) is 0 Å². The largest absolute Gasteiger partial charge is 0.355 e. The maximum Gasteiger partial charge on any atom is 0.243 e. The van der Waals surface area contributed by atoms with Crippen molar-refractivity contribution in [2.75, 3.05) is 19.6 Å². The number of carbonyl (C=O) groups is 1. The van der Waals surface area contributed by atoms with Crippen LogP contribution < -0.4 is 5.32 Å². The van der Waals surface area contributed by atoms with Gasteiger partial charge in [0.15, 0.2) is 0 Å². The van der Waals surface area contributed by atoms with E-state index in [1.165, 1.54) is 5.56 Å². The molecule has 31 heavy (non-hydrogen) atoms. The third-order valence-electron chi connectivity index (χ3n) is 6.87. The highest BCUT2D eigenvalue weighted by atomic mass is 32.2. The van der Waals surface area contributed by atoms with Gasteiger partial charge in [-0.3, -0.25) is 4.79 Å². The topological polar surface area (TPSA) is 66.5 Å². The Hall–Kier alpha value is -2.18. The molecule has 0 unspecified atom stereocenters. The molecule has 2 aromatic rings. The van der Waals surface area contributed by atoms with Gasteiger partial charge in [0.1, 0.15) is 0 Å². The van der Waals surface area contributed by atoms with Crippen molar-refractivity contribution in [1.82, 2.24) is 9.62 Å². The summed E-state index contributed by atoms with van der Waals surface area (Å²) in [5.74, 6) is -0.0693. The second-order valence-electron chi connectivity index (χ2n) is 9.27. The number of rotatable bonds is 6. The summed E-state index contributed by atoms with van der Waals surface area (Å²) in [6.45, 7) is 7.12. The standard InChI is InChI=1S/C25H32N2O3S/c1-18-15-19(2)23(20(3)16-18)31(29,30)27-13-9-21(10-14-27)24(28)26-17-25(11-12-25)22-7-5-4-6-8-22/h4-8,15-16,21H,9-14,17H2,1-3H3,(H,26,28). The normalized spacial score (nSPS) is 19.2. The molecule has 1 heterocycles. The van der Waals surface area contributed by atoms with E-state index in [4.69, 9.17) is 0 Å². The van der Waals surface area contributed by atoms with Gasteiger partial charge in [0, 0.05) is 31.0 Å². The highest BCUT2D eigenvalue weighted by molar-refractivity contribution is 7.89. The minimum atomic E-state index is -3.55. The van der Waals surface area contributed by atoms with Crippen LogP contribution in [0.4, 0.5) is 0 Å². The van der Waals surface area contributed by atoms with Gasteiger partial charge < -0.3 is 5.32 Å². The lowest BCUT2D eigenvalue weighted by Crippen LogP contribution is -2.44. The third-order valence-corrected chi connectivity index (χ3v) is 9.07. The van der Waals surface area contributed by atoms with Crippen LogP contribution in [-0.4, -0.2) is 38.3 Å². The molecule has 2 aliphatic rings. The van der Waals surface area contributed by atoms with Gasteiger partial charge in [-0.1, -0.05) is 48.0 Å². The Morgan fingerprint density at radius 3 is 2.16 bits per heavy atom. The Labute approximate surface area is 185 Å². The molecule has 6 heteroatoms. The van der Waals surface area contributed by atoms with Gasteiger partial charge in [0.05, 0.1) is 4.90 Å². The maximum atomic E-state index is 13.3. The van der Waals surface area contributed by atoms with Crippen molar-refractivity contribution >= 4 is 15.9 Å². The summed E-state index contributed by atoms with van der Waals surface area (Å²) >= 11 is 0. The fourth-order valence-corrected chi connectivity index (χ4v) is 6.85. The van der Waals surface area contributed by atoms with Gasteiger partial charge in [-0.15, -0.1) is 0 Å². The molecule has 1 aliphatic heterocycles. The minimum Gasteiger partial charge on any atom is -0.355 e. The van der Waals surface area contributed by atoms with Gasteiger partial charge in [0.2, 0.25) is 15.9 Å². The molecule has 166 valence electrons. The second kappa shape index (κ2) is 8.40. The van der Waals surface area contributed by atoms with Crippen molar-refractivity contribution in [3.05, 3.63) is 64.7 Å². The molecule has 2 aromatic carbocycles. The van der Waals surface area contributed by atoms with Gasteiger partial charge in [-0.2, -0.15) is 4.31 Å². The van der Waals surface area contributed by atoms with Crippen LogP contribution in [-0.2, 0) is 20.2 Å². The predicted octanol–water partition coefficient (Wildman–Crippen LogP) is 3.86. The Morgan fingerprint density at radius 1 is 1.03 bits per heavy atom. The van der Waals surface area contributed by atoms with E-state index in [1.807, 2.05) is 51.1 Å². The third kappa shape index (κ3) is 4.41. The average Bonchev–Trinajstić information content (AvgIpc) is 3.53. The minimum absolute atomic E-state index is 0.0574. The second-order valence-corrected chi connectivity index (χ2v) is 11.1. The lowest BCUT2D eigenvalue weighted by atomic mass is 9.94. The average molecular weight is 441 g/mol. The number of carbonyl (C=O) groups excluding carboxylic acids is 1.